The van der Waals surface area contributed by atoms with E-state index in [2.05, 4.69) is 26.1 Å². The zero-order chi connectivity index (χ0) is 15.2. The summed E-state index contributed by atoms with van der Waals surface area (Å²) < 4.78 is 5.89. The van der Waals surface area contributed by atoms with Gasteiger partial charge in [-0.3, -0.25) is 0 Å². The van der Waals surface area contributed by atoms with Gasteiger partial charge in [0.2, 0.25) is 0 Å². The summed E-state index contributed by atoms with van der Waals surface area (Å²) in [6, 6.07) is 5.80. The number of hydrogen-bond donors (Lipinski definition) is 1. The molecule has 114 valence electrons. The van der Waals surface area contributed by atoms with Crippen LogP contribution < -0.4 is 5.32 Å². The molecule has 0 heterocycles. The van der Waals surface area contributed by atoms with E-state index in [-0.39, 0.29) is 11.6 Å². The number of ether oxygens (including phenoxy) is 1. The summed E-state index contributed by atoms with van der Waals surface area (Å²) in [5.41, 5.74) is 0.802. The maximum atomic E-state index is 6.27. The van der Waals surface area contributed by atoms with Gasteiger partial charge in [-0.15, -0.1) is 0 Å². The van der Waals surface area contributed by atoms with Crippen molar-refractivity contribution in [1.29, 1.82) is 0 Å². The highest BCUT2D eigenvalue weighted by atomic mass is 35.5. The maximum Gasteiger partial charge on any atom is 0.0781 e. The van der Waals surface area contributed by atoms with Crippen LogP contribution in [0.3, 0.4) is 0 Å². The average Bonchev–Trinajstić information content (AvgIpc) is 2.38. The van der Waals surface area contributed by atoms with Crippen molar-refractivity contribution in [2.75, 3.05) is 13.2 Å². The fraction of sp³-hybridized carbons (Fsp3) is 0.625. The molecule has 0 fully saturated rings. The minimum atomic E-state index is -0.254. The van der Waals surface area contributed by atoms with Crippen molar-refractivity contribution in [1.82, 2.24) is 5.32 Å². The fourth-order valence-electron chi connectivity index (χ4n) is 2.27. The number of nitrogens with one attached hydrogen (secondary N) is 1. The molecule has 0 saturated carbocycles. The van der Waals surface area contributed by atoms with Crippen molar-refractivity contribution < 1.29 is 4.74 Å². The molecule has 1 unspecified atom stereocenters. The summed E-state index contributed by atoms with van der Waals surface area (Å²) in [6.45, 7) is 10.1. The van der Waals surface area contributed by atoms with Crippen molar-refractivity contribution in [2.45, 2.75) is 52.2 Å². The van der Waals surface area contributed by atoms with Crippen LogP contribution in [0.2, 0.25) is 10.0 Å². The number of halogens is 2. The van der Waals surface area contributed by atoms with E-state index in [4.69, 9.17) is 27.9 Å². The molecule has 4 heteroatoms. The first-order valence-corrected chi connectivity index (χ1v) is 7.97. The SMILES string of the molecule is CCCNC(Cc1cc(Cl)ccc1Cl)C(C)(C)OCC. The highest BCUT2D eigenvalue weighted by Crippen LogP contribution is 2.25. The van der Waals surface area contributed by atoms with Gasteiger partial charge in [0.05, 0.1) is 5.60 Å². The summed E-state index contributed by atoms with van der Waals surface area (Å²) in [5, 5.41) is 5.03. The summed E-state index contributed by atoms with van der Waals surface area (Å²) in [7, 11) is 0. The standard InChI is InChI=1S/C16H25Cl2NO/c1-5-9-19-15(16(3,4)20-6-2)11-12-10-13(17)7-8-14(12)18/h7-8,10,15,19H,5-6,9,11H2,1-4H3. The van der Waals surface area contributed by atoms with Crippen LogP contribution in [0, 0.1) is 0 Å². The Balaban J connectivity index is 2.91. The van der Waals surface area contributed by atoms with E-state index in [0.29, 0.717) is 11.6 Å². The lowest BCUT2D eigenvalue weighted by molar-refractivity contribution is -0.0379. The monoisotopic (exact) mass is 317 g/mol. The predicted octanol–water partition coefficient (Wildman–Crippen LogP) is 4.72. The third kappa shape index (κ3) is 5.25. The van der Waals surface area contributed by atoms with Gasteiger partial charge >= 0.3 is 0 Å². The quantitative estimate of drug-likeness (QED) is 0.749. The molecule has 0 aliphatic rings. The van der Waals surface area contributed by atoms with Gasteiger partial charge in [0.1, 0.15) is 0 Å². The van der Waals surface area contributed by atoms with Crippen molar-refractivity contribution in [3.8, 4) is 0 Å². The van der Waals surface area contributed by atoms with Gasteiger partial charge in [-0.05, 0) is 63.9 Å². The minimum absolute atomic E-state index is 0.193. The van der Waals surface area contributed by atoms with E-state index in [9.17, 15) is 0 Å². The topological polar surface area (TPSA) is 21.3 Å². The Kier molecular flexibility index (Phi) is 7.32. The molecule has 1 atom stereocenters. The van der Waals surface area contributed by atoms with Crippen LogP contribution in [-0.2, 0) is 11.2 Å². The summed E-state index contributed by atoms with van der Waals surface area (Å²) in [6.07, 6.45) is 1.88. The van der Waals surface area contributed by atoms with E-state index in [1.165, 1.54) is 0 Å². The van der Waals surface area contributed by atoms with E-state index < -0.39 is 0 Å². The van der Waals surface area contributed by atoms with Crippen molar-refractivity contribution >= 4 is 23.2 Å². The second-order valence-corrected chi connectivity index (χ2v) is 6.33. The molecule has 0 bridgehead atoms. The molecule has 1 aromatic carbocycles. The Hall–Kier alpha value is -0.280. The number of rotatable bonds is 8. The first-order valence-electron chi connectivity index (χ1n) is 7.22. The molecule has 0 spiro atoms. The zero-order valence-electron chi connectivity index (χ0n) is 12.8. The van der Waals surface area contributed by atoms with Gasteiger partial charge in [0.25, 0.3) is 0 Å². The zero-order valence-corrected chi connectivity index (χ0v) is 14.3. The predicted molar refractivity (Wildman–Crippen MR) is 88.0 cm³/mol. The van der Waals surface area contributed by atoms with Crippen LogP contribution in [0.4, 0.5) is 0 Å². The normalized spacial score (nSPS) is 13.5. The van der Waals surface area contributed by atoms with Gasteiger partial charge in [0, 0.05) is 22.7 Å². The van der Waals surface area contributed by atoms with Gasteiger partial charge in [-0.1, -0.05) is 30.1 Å². The van der Waals surface area contributed by atoms with E-state index in [0.717, 1.165) is 30.0 Å². The van der Waals surface area contributed by atoms with Gasteiger partial charge < -0.3 is 10.1 Å². The highest BCUT2D eigenvalue weighted by molar-refractivity contribution is 6.33. The minimum Gasteiger partial charge on any atom is -0.374 e. The molecule has 1 aromatic rings. The molecule has 20 heavy (non-hydrogen) atoms. The largest absolute Gasteiger partial charge is 0.374 e. The Bertz CT molecular complexity index is 421. The van der Waals surface area contributed by atoms with E-state index >= 15 is 0 Å². The molecular formula is C16H25Cl2NO. The molecule has 0 aliphatic carbocycles. The summed E-state index contributed by atoms with van der Waals surface area (Å²) in [5.74, 6) is 0. The fourth-order valence-corrected chi connectivity index (χ4v) is 2.66. The Morgan fingerprint density at radius 1 is 1.25 bits per heavy atom. The van der Waals surface area contributed by atoms with E-state index in [1.54, 1.807) is 0 Å². The lowest BCUT2D eigenvalue weighted by atomic mass is 9.92. The van der Waals surface area contributed by atoms with Gasteiger partial charge in [0.15, 0.2) is 0 Å². The average molecular weight is 318 g/mol. The molecule has 0 radical (unpaired) electrons. The Morgan fingerprint density at radius 3 is 2.55 bits per heavy atom. The first-order chi connectivity index (χ1) is 9.40. The highest BCUT2D eigenvalue weighted by Gasteiger charge is 2.30. The smallest absolute Gasteiger partial charge is 0.0781 e. The molecule has 0 saturated heterocycles. The third-order valence-corrected chi connectivity index (χ3v) is 4.03. The summed E-state index contributed by atoms with van der Waals surface area (Å²) >= 11 is 12.3. The van der Waals surface area contributed by atoms with Crippen LogP contribution >= 0.6 is 23.2 Å². The molecule has 2 nitrogen and oxygen atoms in total. The van der Waals surface area contributed by atoms with Crippen LogP contribution in [0.1, 0.15) is 39.7 Å². The molecule has 1 N–H and O–H groups in total. The molecule has 0 aromatic heterocycles. The van der Waals surface area contributed by atoms with Crippen LogP contribution in [-0.4, -0.2) is 24.8 Å². The van der Waals surface area contributed by atoms with Crippen LogP contribution in [0.15, 0.2) is 18.2 Å². The van der Waals surface area contributed by atoms with Gasteiger partial charge in [-0.25, -0.2) is 0 Å². The number of hydrogen-bond acceptors (Lipinski definition) is 2. The second-order valence-electron chi connectivity index (χ2n) is 5.48. The first kappa shape index (κ1) is 17.8. The summed E-state index contributed by atoms with van der Waals surface area (Å²) in [4.78, 5) is 0. The Morgan fingerprint density at radius 2 is 1.95 bits per heavy atom. The van der Waals surface area contributed by atoms with Gasteiger partial charge in [-0.2, -0.15) is 0 Å². The van der Waals surface area contributed by atoms with Crippen molar-refractivity contribution in [3.05, 3.63) is 33.8 Å². The van der Waals surface area contributed by atoms with E-state index in [1.807, 2.05) is 25.1 Å². The van der Waals surface area contributed by atoms with Crippen molar-refractivity contribution in [3.63, 3.8) is 0 Å². The lowest BCUT2D eigenvalue weighted by Gasteiger charge is -2.35. The lowest BCUT2D eigenvalue weighted by Crippen LogP contribution is -2.50. The second kappa shape index (κ2) is 8.23. The third-order valence-electron chi connectivity index (χ3n) is 3.43. The van der Waals surface area contributed by atoms with Crippen LogP contribution in [0.25, 0.3) is 0 Å². The molecule has 0 aliphatic heterocycles. The number of benzene rings is 1. The van der Waals surface area contributed by atoms with Crippen LogP contribution in [0.5, 0.6) is 0 Å². The molecule has 1 rings (SSSR count). The Labute approximate surface area is 132 Å². The maximum absolute atomic E-state index is 6.27. The molecule has 0 amide bonds. The molecular weight excluding hydrogens is 293 g/mol. The van der Waals surface area contributed by atoms with Crippen molar-refractivity contribution in [2.24, 2.45) is 0 Å².